The molecule has 0 aliphatic carbocycles. The van der Waals surface area contributed by atoms with Crippen LogP contribution in [0.4, 0.5) is 11.4 Å². The van der Waals surface area contributed by atoms with E-state index in [0.29, 0.717) is 18.0 Å². The quantitative estimate of drug-likeness (QED) is 0.490. The summed E-state index contributed by atoms with van der Waals surface area (Å²) < 4.78 is 4.98. The lowest BCUT2D eigenvalue weighted by Gasteiger charge is -2.04. The molecule has 0 saturated carbocycles. The number of anilines is 1. The summed E-state index contributed by atoms with van der Waals surface area (Å²) in [5, 5.41) is 13.6. The van der Waals surface area contributed by atoms with E-state index < -0.39 is 4.92 Å². The first-order chi connectivity index (χ1) is 9.16. The average Bonchev–Trinajstić information content (AvgIpc) is 2.93. The van der Waals surface area contributed by atoms with Crippen LogP contribution in [0.3, 0.4) is 0 Å². The lowest BCUT2D eigenvalue weighted by molar-refractivity contribution is -0.384. The standard InChI is InChI=1S/C13H12N2O4/c16-12(13-5-2-8-19-13)6-7-14-10-3-1-4-11(9-10)15(17)18/h1-5,8-9,14H,6-7H2. The number of benzene rings is 1. The normalized spacial score (nSPS) is 10.1. The molecule has 6 heteroatoms. The molecule has 6 nitrogen and oxygen atoms in total. The predicted molar refractivity (Wildman–Crippen MR) is 69.2 cm³/mol. The highest BCUT2D eigenvalue weighted by Crippen LogP contribution is 2.17. The van der Waals surface area contributed by atoms with E-state index in [9.17, 15) is 14.9 Å². The molecule has 2 rings (SSSR count). The van der Waals surface area contributed by atoms with Crippen molar-refractivity contribution in [2.24, 2.45) is 0 Å². The van der Waals surface area contributed by atoms with Gasteiger partial charge < -0.3 is 9.73 Å². The van der Waals surface area contributed by atoms with Crippen LogP contribution in [0, 0.1) is 10.1 Å². The minimum atomic E-state index is -0.459. The Kier molecular flexibility index (Phi) is 3.92. The summed E-state index contributed by atoms with van der Waals surface area (Å²) in [6.07, 6.45) is 1.71. The number of nitrogens with zero attached hydrogens (tertiary/aromatic N) is 1. The third-order valence-corrected chi connectivity index (χ3v) is 2.53. The Hall–Kier alpha value is -2.63. The van der Waals surface area contributed by atoms with Crippen LogP contribution < -0.4 is 5.32 Å². The number of rotatable bonds is 6. The fraction of sp³-hybridized carbons (Fsp3) is 0.154. The Labute approximate surface area is 109 Å². The van der Waals surface area contributed by atoms with Gasteiger partial charge in [0, 0.05) is 30.8 Å². The number of nitrogens with one attached hydrogen (secondary N) is 1. The highest BCUT2D eigenvalue weighted by Gasteiger charge is 2.09. The van der Waals surface area contributed by atoms with Crippen LogP contribution in [-0.4, -0.2) is 17.3 Å². The second-order valence-corrected chi connectivity index (χ2v) is 3.88. The molecule has 98 valence electrons. The molecule has 0 fully saturated rings. The Balaban J connectivity index is 1.87. The zero-order chi connectivity index (χ0) is 13.7. The van der Waals surface area contributed by atoms with Crippen molar-refractivity contribution in [3.8, 4) is 0 Å². The number of carbonyl (C=O) groups is 1. The molecule has 2 aromatic rings. The summed E-state index contributed by atoms with van der Waals surface area (Å²) >= 11 is 0. The van der Waals surface area contributed by atoms with Gasteiger partial charge in [-0.25, -0.2) is 0 Å². The molecule has 0 unspecified atom stereocenters. The molecule has 0 spiro atoms. The zero-order valence-electron chi connectivity index (χ0n) is 10.0. The molecular weight excluding hydrogens is 248 g/mol. The zero-order valence-corrected chi connectivity index (χ0v) is 10.0. The first-order valence-electron chi connectivity index (χ1n) is 5.72. The van der Waals surface area contributed by atoms with Crippen LogP contribution in [0.25, 0.3) is 0 Å². The molecule has 1 aromatic carbocycles. The van der Waals surface area contributed by atoms with E-state index in [-0.39, 0.29) is 17.9 Å². The molecule has 0 aliphatic heterocycles. The maximum atomic E-state index is 11.6. The molecule has 0 radical (unpaired) electrons. The van der Waals surface area contributed by atoms with Crippen molar-refractivity contribution in [3.05, 3.63) is 58.5 Å². The van der Waals surface area contributed by atoms with Gasteiger partial charge >= 0.3 is 0 Å². The second kappa shape index (κ2) is 5.81. The molecule has 0 saturated heterocycles. The highest BCUT2D eigenvalue weighted by molar-refractivity contribution is 5.93. The summed E-state index contributed by atoms with van der Waals surface area (Å²) in [5.74, 6) is 0.212. The van der Waals surface area contributed by atoms with Crippen LogP contribution in [0.2, 0.25) is 0 Å². The molecule has 0 aliphatic rings. The second-order valence-electron chi connectivity index (χ2n) is 3.88. The molecule has 0 atom stereocenters. The Morgan fingerprint density at radius 3 is 2.84 bits per heavy atom. The number of nitro benzene ring substituents is 1. The molecule has 1 N–H and O–H groups in total. The molecule has 1 aromatic heterocycles. The lowest BCUT2D eigenvalue weighted by atomic mass is 10.2. The number of furan rings is 1. The SMILES string of the molecule is O=C(CCNc1cccc([N+](=O)[O-])c1)c1ccco1. The van der Waals surface area contributed by atoms with Crippen LogP contribution in [0.5, 0.6) is 0 Å². The Morgan fingerprint density at radius 2 is 2.16 bits per heavy atom. The first-order valence-corrected chi connectivity index (χ1v) is 5.72. The largest absolute Gasteiger partial charge is 0.461 e. The number of nitro groups is 1. The topological polar surface area (TPSA) is 85.4 Å². The van der Waals surface area contributed by atoms with Crippen LogP contribution in [-0.2, 0) is 0 Å². The van der Waals surface area contributed by atoms with Gasteiger partial charge in [-0.2, -0.15) is 0 Å². The Morgan fingerprint density at radius 1 is 1.32 bits per heavy atom. The van der Waals surface area contributed by atoms with Crippen LogP contribution in [0.15, 0.2) is 47.1 Å². The van der Waals surface area contributed by atoms with Crippen molar-refractivity contribution >= 4 is 17.2 Å². The minimum Gasteiger partial charge on any atom is -0.461 e. The van der Waals surface area contributed by atoms with Gasteiger partial charge in [0.25, 0.3) is 5.69 Å². The van der Waals surface area contributed by atoms with Crippen molar-refractivity contribution in [3.63, 3.8) is 0 Å². The van der Waals surface area contributed by atoms with E-state index >= 15 is 0 Å². The number of non-ortho nitro benzene ring substituents is 1. The Bertz CT molecular complexity index is 578. The minimum absolute atomic E-state index is 0.0161. The maximum Gasteiger partial charge on any atom is 0.271 e. The average molecular weight is 260 g/mol. The number of carbonyl (C=O) groups excluding carboxylic acids is 1. The van der Waals surface area contributed by atoms with Crippen molar-refractivity contribution in [1.29, 1.82) is 0 Å². The van der Waals surface area contributed by atoms with Gasteiger partial charge in [-0.3, -0.25) is 14.9 Å². The van der Waals surface area contributed by atoms with E-state index in [4.69, 9.17) is 4.42 Å². The van der Waals surface area contributed by atoms with Crippen molar-refractivity contribution in [1.82, 2.24) is 0 Å². The predicted octanol–water partition coefficient (Wildman–Crippen LogP) is 2.87. The van der Waals surface area contributed by atoms with E-state index in [1.54, 1.807) is 24.3 Å². The summed E-state index contributed by atoms with van der Waals surface area (Å²) in [4.78, 5) is 21.8. The van der Waals surface area contributed by atoms with Gasteiger partial charge in [0.2, 0.25) is 0 Å². The molecular formula is C13H12N2O4. The van der Waals surface area contributed by atoms with Gasteiger partial charge in [-0.05, 0) is 18.2 Å². The number of hydrogen-bond donors (Lipinski definition) is 1. The van der Waals surface area contributed by atoms with Crippen LogP contribution in [0.1, 0.15) is 17.0 Å². The van der Waals surface area contributed by atoms with Crippen molar-refractivity contribution in [2.75, 3.05) is 11.9 Å². The van der Waals surface area contributed by atoms with Gasteiger partial charge in [0.1, 0.15) is 0 Å². The number of hydrogen-bond acceptors (Lipinski definition) is 5. The van der Waals surface area contributed by atoms with Gasteiger partial charge in [-0.1, -0.05) is 6.07 Å². The molecule has 0 bridgehead atoms. The number of Topliss-reactive ketones (excluding diaryl/α,β-unsaturated/α-hetero) is 1. The van der Waals surface area contributed by atoms with Gasteiger partial charge in [0.05, 0.1) is 11.2 Å². The smallest absolute Gasteiger partial charge is 0.271 e. The van der Waals surface area contributed by atoms with Gasteiger partial charge in [-0.15, -0.1) is 0 Å². The summed E-state index contributed by atoms with van der Waals surface area (Å²) in [6.45, 7) is 0.390. The molecule has 19 heavy (non-hydrogen) atoms. The fourth-order valence-corrected chi connectivity index (χ4v) is 1.61. The van der Waals surface area contributed by atoms with Crippen molar-refractivity contribution in [2.45, 2.75) is 6.42 Å². The van der Waals surface area contributed by atoms with Gasteiger partial charge in [0.15, 0.2) is 11.5 Å². The van der Waals surface area contributed by atoms with E-state index in [1.165, 1.54) is 18.4 Å². The third-order valence-electron chi connectivity index (χ3n) is 2.53. The molecule has 1 heterocycles. The first kappa shape index (κ1) is 12.8. The van der Waals surface area contributed by atoms with E-state index in [0.717, 1.165) is 0 Å². The van der Waals surface area contributed by atoms with E-state index in [1.807, 2.05) is 0 Å². The van der Waals surface area contributed by atoms with Crippen molar-refractivity contribution < 1.29 is 14.1 Å². The monoisotopic (exact) mass is 260 g/mol. The molecule has 0 amide bonds. The summed E-state index contributed by atoms with van der Waals surface area (Å²) in [6, 6.07) is 9.41. The summed E-state index contributed by atoms with van der Waals surface area (Å²) in [5.41, 5.74) is 0.629. The summed E-state index contributed by atoms with van der Waals surface area (Å²) in [7, 11) is 0. The third kappa shape index (κ3) is 3.41. The van der Waals surface area contributed by atoms with E-state index in [2.05, 4.69) is 5.32 Å². The maximum absolute atomic E-state index is 11.6. The lowest BCUT2D eigenvalue weighted by Crippen LogP contribution is -2.08. The fourth-order valence-electron chi connectivity index (χ4n) is 1.61. The van der Waals surface area contributed by atoms with Crippen LogP contribution >= 0.6 is 0 Å². The highest BCUT2D eigenvalue weighted by atomic mass is 16.6. The number of ketones is 1.